The Kier molecular flexibility index (Phi) is 6.27. The molecular weight excluding hydrogens is 293 g/mol. The van der Waals surface area contributed by atoms with Crippen LogP contribution in [0.4, 0.5) is 13.2 Å². The van der Waals surface area contributed by atoms with Gasteiger partial charge in [-0.15, -0.1) is 0 Å². The summed E-state index contributed by atoms with van der Waals surface area (Å²) in [7, 11) is -1.73. The van der Waals surface area contributed by atoms with Gasteiger partial charge in [0.2, 0.25) is 10.0 Å². The third kappa shape index (κ3) is 5.21. The van der Waals surface area contributed by atoms with Crippen molar-refractivity contribution < 1.29 is 21.6 Å². The summed E-state index contributed by atoms with van der Waals surface area (Å²) in [5.41, 5.74) is 0. The van der Waals surface area contributed by atoms with Crippen LogP contribution in [0.5, 0.6) is 0 Å². The smallest absolute Gasteiger partial charge is 0.317 e. The van der Waals surface area contributed by atoms with Gasteiger partial charge in [-0.1, -0.05) is 13.3 Å². The van der Waals surface area contributed by atoms with E-state index in [0.717, 1.165) is 6.42 Å². The Balaban J connectivity index is 2.56. The van der Waals surface area contributed by atoms with E-state index in [1.807, 2.05) is 14.0 Å². The molecule has 1 aliphatic heterocycles. The van der Waals surface area contributed by atoms with Crippen LogP contribution in [0.15, 0.2) is 0 Å². The molecule has 0 saturated carbocycles. The second-order valence-electron chi connectivity index (χ2n) is 5.24. The summed E-state index contributed by atoms with van der Waals surface area (Å²) in [6.45, 7) is 2.78. The van der Waals surface area contributed by atoms with Crippen LogP contribution in [0.3, 0.4) is 0 Å². The van der Waals surface area contributed by atoms with Gasteiger partial charge in [0.05, 0.1) is 5.75 Å². The molecule has 1 rings (SSSR count). The standard InChI is InChI=1S/C12H23F3N2O2S/c1-3-10-9-17(7-5-11(10)16-2)20(18,19)8-4-6-12(13,14)15/h10-11,16H,3-9H2,1-2H3. The zero-order valence-electron chi connectivity index (χ0n) is 11.9. The van der Waals surface area contributed by atoms with Crippen molar-refractivity contribution in [2.24, 2.45) is 5.92 Å². The fourth-order valence-corrected chi connectivity index (χ4v) is 4.20. The maximum absolute atomic E-state index is 12.1. The molecule has 120 valence electrons. The molecule has 1 fully saturated rings. The number of hydrogen-bond acceptors (Lipinski definition) is 3. The van der Waals surface area contributed by atoms with Gasteiger partial charge in [0, 0.05) is 25.6 Å². The molecule has 0 bridgehead atoms. The average molecular weight is 316 g/mol. The van der Waals surface area contributed by atoms with Gasteiger partial charge in [-0.2, -0.15) is 13.2 Å². The number of alkyl halides is 3. The Hall–Kier alpha value is -0.340. The van der Waals surface area contributed by atoms with Gasteiger partial charge in [-0.05, 0) is 25.8 Å². The molecule has 0 aromatic carbocycles. The highest BCUT2D eigenvalue weighted by Crippen LogP contribution is 2.25. The molecule has 0 amide bonds. The van der Waals surface area contributed by atoms with E-state index in [9.17, 15) is 21.6 Å². The van der Waals surface area contributed by atoms with Crippen LogP contribution in [-0.2, 0) is 10.0 Å². The van der Waals surface area contributed by atoms with E-state index in [2.05, 4.69) is 5.32 Å². The zero-order valence-corrected chi connectivity index (χ0v) is 12.7. The van der Waals surface area contributed by atoms with Crippen molar-refractivity contribution >= 4 is 10.0 Å². The molecule has 2 atom stereocenters. The number of rotatable bonds is 6. The number of halogens is 3. The Morgan fingerprint density at radius 3 is 2.50 bits per heavy atom. The van der Waals surface area contributed by atoms with Crippen molar-refractivity contribution in [3.05, 3.63) is 0 Å². The number of hydrogen-bond donors (Lipinski definition) is 1. The van der Waals surface area contributed by atoms with Crippen molar-refractivity contribution in [2.75, 3.05) is 25.9 Å². The van der Waals surface area contributed by atoms with Crippen LogP contribution >= 0.6 is 0 Å². The van der Waals surface area contributed by atoms with Crippen LogP contribution in [0.2, 0.25) is 0 Å². The second kappa shape index (κ2) is 7.09. The minimum absolute atomic E-state index is 0.214. The van der Waals surface area contributed by atoms with Crippen molar-refractivity contribution in [3.63, 3.8) is 0 Å². The van der Waals surface area contributed by atoms with Gasteiger partial charge in [0.25, 0.3) is 0 Å². The topological polar surface area (TPSA) is 49.4 Å². The SMILES string of the molecule is CCC1CN(S(=O)(=O)CCCC(F)(F)F)CCC1NC. The molecule has 1 heterocycles. The number of piperidine rings is 1. The highest BCUT2D eigenvalue weighted by molar-refractivity contribution is 7.89. The van der Waals surface area contributed by atoms with E-state index in [0.29, 0.717) is 19.5 Å². The molecule has 0 aliphatic carbocycles. The molecule has 0 spiro atoms. The van der Waals surface area contributed by atoms with E-state index >= 15 is 0 Å². The van der Waals surface area contributed by atoms with Gasteiger partial charge in [0.1, 0.15) is 0 Å². The minimum Gasteiger partial charge on any atom is -0.317 e. The largest absolute Gasteiger partial charge is 0.389 e. The molecular formula is C12H23F3N2O2S. The third-order valence-electron chi connectivity index (χ3n) is 3.85. The number of nitrogens with one attached hydrogen (secondary N) is 1. The minimum atomic E-state index is -4.29. The van der Waals surface area contributed by atoms with Crippen LogP contribution in [-0.4, -0.2) is 50.8 Å². The highest BCUT2D eigenvalue weighted by Gasteiger charge is 2.34. The lowest BCUT2D eigenvalue weighted by Crippen LogP contribution is -2.50. The zero-order chi connectivity index (χ0) is 15.4. The first kappa shape index (κ1) is 17.7. The maximum Gasteiger partial charge on any atom is 0.389 e. The van der Waals surface area contributed by atoms with Crippen molar-refractivity contribution in [1.82, 2.24) is 9.62 Å². The molecule has 1 saturated heterocycles. The van der Waals surface area contributed by atoms with Gasteiger partial charge >= 0.3 is 6.18 Å². The maximum atomic E-state index is 12.1. The lowest BCUT2D eigenvalue weighted by atomic mass is 9.91. The molecule has 0 aromatic rings. The first-order chi connectivity index (χ1) is 9.19. The first-order valence-corrected chi connectivity index (χ1v) is 8.52. The van der Waals surface area contributed by atoms with Gasteiger partial charge in [-0.25, -0.2) is 12.7 Å². The van der Waals surface area contributed by atoms with Gasteiger partial charge in [0.15, 0.2) is 0 Å². The average Bonchev–Trinajstić information content (AvgIpc) is 2.36. The Bertz CT molecular complexity index is 398. The molecule has 1 N–H and O–H groups in total. The molecule has 8 heteroatoms. The van der Waals surface area contributed by atoms with Crippen molar-refractivity contribution in [1.29, 1.82) is 0 Å². The second-order valence-corrected chi connectivity index (χ2v) is 7.33. The number of nitrogens with zero attached hydrogens (tertiary/aromatic N) is 1. The summed E-state index contributed by atoms with van der Waals surface area (Å²) in [5.74, 6) is -0.209. The fourth-order valence-electron chi connectivity index (χ4n) is 2.63. The fraction of sp³-hybridized carbons (Fsp3) is 1.00. The summed E-state index contributed by atoms with van der Waals surface area (Å²) in [6, 6.07) is 0.279. The lowest BCUT2D eigenvalue weighted by Gasteiger charge is -2.37. The quantitative estimate of drug-likeness (QED) is 0.815. The molecule has 1 aliphatic rings. The van der Waals surface area contributed by atoms with Crippen LogP contribution in [0.25, 0.3) is 0 Å². The highest BCUT2D eigenvalue weighted by atomic mass is 32.2. The lowest BCUT2D eigenvalue weighted by molar-refractivity contribution is -0.134. The third-order valence-corrected chi connectivity index (χ3v) is 5.77. The molecule has 0 radical (unpaired) electrons. The van der Waals surface area contributed by atoms with E-state index in [1.54, 1.807) is 0 Å². The Morgan fingerprint density at radius 2 is 2.00 bits per heavy atom. The van der Waals surface area contributed by atoms with Crippen LogP contribution in [0, 0.1) is 5.92 Å². The number of sulfonamides is 1. The molecule has 0 aromatic heterocycles. The summed E-state index contributed by atoms with van der Waals surface area (Å²) in [5, 5.41) is 3.17. The Labute approximate surface area is 118 Å². The van der Waals surface area contributed by atoms with E-state index in [1.165, 1.54) is 4.31 Å². The summed E-state index contributed by atoms with van der Waals surface area (Å²) >= 11 is 0. The summed E-state index contributed by atoms with van der Waals surface area (Å²) < 4.78 is 61.7. The molecule has 2 unspecified atom stereocenters. The monoisotopic (exact) mass is 316 g/mol. The van der Waals surface area contributed by atoms with Gasteiger partial charge < -0.3 is 5.32 Å². The van der Waals surface area contributed by atoms with E-state index in [-0.39, 0.29) is 18.4 Å². The van der Waals surface area contributed by atoms with Crippen molar-refractivity contribution in [2.45, 2.75) is 44.8 Å². The summed E-state index contributed by atoms with van der Waals surface area (Å²) in [4.78, 5) is 0. The Morgan fingerprint density at radius 1 is 1.35 bits per heavy atom. The normalized spacial score (nSPS) is 25.9. The summed E-state index contributed by atoms with van der Waals surface area (Å²) in [6.07, 6.45) is -4.15. The first-order valence-electron chi connectivity index (χ1n) is 6.91. The van der Waals surface area contributed by atoms with Crippen molar-refractivity contribution in [3.8, 4) is 0 Å². The molecule has 20 heavy (non-hydrogen) atoms. The van der Waals surface area contributed by atoms with E-state index in [4.69, 9.17) is 0 Å². The van der Waals surface area contributed by atoms with Crippen LogP contribution in [0.1, 0.15) is 32.6 Å². The molecule has 4 nitrogen and oxygen atoms in total. The predicted molar refractivity (Wildman–Crippen MR) is 71.9 cm³/mol. The predicted octanol–water partition coefficient (Wildman–Crippen LogP) is 1.98. The van der Waals surface area contributed by atoms with E-state index < -0.39 is 28.4 Å². The van der Waals surface area contributed by atoms with Gasteiger partial charge in [-0.3, -0.25) is 0 Å². The van der Waals surface area contributed by atoms with Crippen LogP contribution < -0.4 is 5.32 Å².